The number of rotatable bonds is 9. The van der Waals surface area contributed by atoms with Gasteiger partial charge in [0.1, 0.15) is 0 Å². The Morgan fingerprint density at radius 1 is 1.40 bits per heavy atom. The van der Waals surface area contributed by atoms with Crippen LogP contribution in [-0.4, -0.2) is 31.6 Å². The predicted molar refractivity (Wildman–Crippen MR) is 94.3 cm³/mol. The van der Waals surface area contributed by atoms with Crippen molar-refractivity contribution in [1.29, 1.82) is 0 Å². The Morgan fingerprint density at radius 2 is 2.15 bits per heavy atom. The van der Waals surface area contributed by atoms with Crippen LogP contribution in [0.5, 0.6) is 0 Å². The molecule has 1 unspecified atom stereocenters. The molecule has 1 aromatic rings. The van der Waals surface area contributed by atoms with Crippen molar-refractivity contribution in [3.63, 3.8) is 0 Å². The van der Waals surface area contributed by atoms with Gasteiger partial charge in [-0.15, -0.1) is 0 Å². The summed E-state index contributed by atoms with van der Waals surface area (Å²) in [6.45, 7) is 6.42. The first-order valence-electron chi connectivity index (χ1n) is 7.31. The molecule has 4 heteroatoms. The molecule has 0 aliphatic carbocycles. The second-order valence-electron chi connectivity index (χ2n) is 5.19. The van der Waals surface area contributed by atoms with E-state index in [-0.39, 0.29) is 0 Å². The van der Waals surface area contributed by atoms with Crippen molar-refractivity contribution >= 4 is 29.1 Å². The smallest absolute Gasteiger partial charge is 0.0426 e. The normalized spacial score (nSPS) is 12.4. The molecule has 0 saturated heterocycles. The van der Waals surface area contributed by atoms with Crippen molar-refractivity contribution in [1.82, 2.24) is 5.32 Å². The van der Waals surface area contributed by atoms with Crippen LogP contribution in [0.3, 0.4) is 0 Å². The van der Waals surface area contributed by atoms with E-state index in [1.165, 1.54) is 23.4 Å². The lowest BCUT2D eigenvalue weighted by Gasteiger charge is -2.29. The summed E-state index contributed by atoms with van der Waals surface area (Å²) >= 11 is 8.08. The van der Waals surface area contributed by atoms with Gasteiger partial charge in [0.25, 0.3) is 0 Å². The standard InChI is InChI=1S/C16H27ClN2S/c1-5-9-18-12-14-6-7-15(17)11-16(14)19(3)13(2)8-10-20-4/h6-7,11,13,18H,5,8-10,12H2,1-4H3. The minimum absolute atomic E-state index is 0.519. The Balaban J connectivity index is 2.81. The molecule has 0 aliphatic heterocycles. The van der Waals surface area contributed by atoms with Crippen LogP contribution in [0.15, 0.2) is 18.2 Å². The molecule has 0 bridgehead atoms. The summed E-state index contributed by atoms with van der Waals surface area (Å²) in [5.74, 6) is 1.19. The lowest BCUT2D eigenvalue weighted by Crippen LogP contribution is -2.30. The van der Waals surface area contributed by atoms with Gasteiger partial charge in [0.15, 0.2) is 0 Å². The molecule has 114 valence electrons. The topological polar surface area (TPSA) is 15.3 Å². The van der Waals surface area contributed by atoms with Crippen molar-refractivity contribution < 1.29 is 0 Å². The lowest BCUT2D eigenvalue weighted by molar-refractivity contribution is 0.650. The number of hydrogen-bond acceptors (Lipinski definition) is 3. The van der Waals surface area contributed by atoms with Crippen molar-refractivity contribution in [3.05, 3.63) is 28.8 Å². The van der Waals surface area contributed by atoms with Gasteiger partial charge in [0.05, 0.1) is 0 Å². The summed E-state index contributed by atoms with van der Waals surface area (Å²) in [4.78, 5) is 2.35. The zero-order valence-corrected chi connectivity index (χ0v) is 14.7. The van der Waals surface area contributed by atoms with Crippen LogP contribution in [0, 0.1) is 0 Å². The van der Waals surface area contributed by atoms with Crippen molar-refractivity contribution in [2.45, 2.75) is 39.3 Å². The monoisotopic (exact) mass is 314 g/mol. The summed E-state index contributed by atoms with van der Waals surface area (Å²) in [5, 5.41) is 4.28. The van der Waals surface area contributed by atoms with Gasteiger partial charge in [0.2, 0.25) is 0 Å². The molecule has 0 fully saturated rings. The van der Waals surface area contributed by atoms with Gasteiger partial charge in [0, 0.05) is 30.3 Å². The SMILES string of the molecule is CCCNCc1ccc(Cl)cc1N(C)C(C)CCSC. The van der Waals surface area contributed by atoms with Crippen molar-refractivity contribution in [2.24, 2.45) is 0 Å². The molecule has 0 spiro atoms. The molecule has 0 aromatic heterocycles. The molecular weight excluding hydrogens is 288 g/mol. The number of nitrogens with one attached hydrogen (secondary N) is 1. The van der Waals surface area contributed by atoms with Gasteiger partial charge in [-0.1, -0.05) is 24.6 Å². The second-order valence-corrected chi connectivity index (χ2v) is 6.61. The first-order valence-corrected chi connectivity index (χ1v) is 9.08. The number of halogens is 1. The molecule has 1 rings (SSSR count). The Kier molecular flexibility index (Phi) is 8.43. The molecule has 1 N–H and O–H groups in total. The van der Waals surface area contributed by atoms with Crippen molar-refractivity contribution in [2.75, 3.05) is 30.5 Å². The van der Waals surface area contributed by atoms with E-state index in [1.807, 2.05) is 17.8 Å². The van der Waals surface area contributed by atoms with Crippen LogP contribution < -0.4 is 10.2 Å². The first-order chi connectivity index (χ1) is 9.60. The van der Waals surface area contributed by atoms with E-state index >= 15 is 0 Å². The Labute approximate surface area is 133 Å². The van der Waals surface area contributed by atoms with Gasteiger partial charge < -0.3 is 10.2 Å². The minimum Gasteiger partial charge on any atom is -0.372 e. The van der Waals surface area contributed by atoms with E-state index in [0.717, 1.165) is 24.5 Å². The maximum atomic E-state index is 6.18. The minimum atomic E-state index is 0.519. The molecule has 1 atom stereocenters. The Hall–Kier alpha value is -0.380. The largest absolute Gasteiger partial charge is 0.372 e. The lowest BCUT2D eigenvalue weighted by atomic mass is 10.1. The van der Waals surface area contributed by atoms with Crippen LogP contribution in [0.25, 0.3) is 0 Å². The van der Waals surface area contributed by atoms with Crippen LogP contribution >= 0.6 is 23.4 Å². The van der Waals surface area contributed by atoms with E-state index in [1.54, 1.807) is 0 Å². The molecule has 1 aromatic carbocycles. The molecule has 0 radical (unpaired) electrons. The third kappa shape index (κ3) is 5.55. The number of benzene rings is 1. The van der Waals surface area contributed by atoms with E-state index in [4.69, 9.17) is 11.6 Å². The Morgan fingerprint density at radius 3 is 2.80 bits per heavy atom. The fraction of sp³-hybridized carbons (Fsp3) is 0.625. The van der Waals surface area contributed by atoms with Crippen molar-refractivity contribution in [3.8, 4) is 0 Å². The van der Waals surface area contributed by atoms with Gasteiger partial charge in [-0.2, -0.15) is 11.8 Å². The number of anilines is 1. The summed E-state index contributed by atoms with van der Waals surface area (Å²) < 4.78 is 0. The van der Waals surface area contributed by atoms with Gasteiger partial charge in [-0.25, -0.2) is 0 Å². The maximum Gasteiger partial charge on any atom is 0.0426 e. The molecule has 20 heavy (non-hydrogen) atoms. The average molecular weight is 315 g/mol. The van der Waals surface area contributed by atoms with Gasteiger partial charge in [-0.05, 0) is 56.0 Å². The number of thioether (sulfide) groups is 1. The fourth-order valence-electron chi connectivity index (χ4n) is 2.13. The Bertz CT molecular complexity index is 398. The molecule has 0 saturated carbocycles. The fourth-order valence-corrected chi connectivity index (χ4v) is 2.88. The molecule has 0 amide bonds. The third-order valence-electron chi connectivity index (χ3n) is 3.57. The quantitative estimate of drug-likeness (QED) is 0.679. The van der Waals surface area contributed by atoms with E-state index in [0.29, 0.717) is 6.04 Å². The summed E-state index contributed by atoms with van der Waals surface area (Å²) in [7, 11) is 2.17. The van der Waals surface area contributed by atoms with E-state index < -0.39 is 0 Å². The first kappa shape index (κ1) is 17.7. The summed E-state index contributed by atoms with van der Waals surface area (Å²) in [6.07, 6.45) is 4.50. The molecule has 2 nitrogen and oxygen atoms in total. The summed E-state index contributed by atoms with van der Waals surface area (Å²) in [5.41, 5.74) is 2.57. The average Bonchev–Trinajstić information content (AvgIpc) is 2.45. The molecular formula is C16H27ClN2S. The van der Waals surface area contributed by atoms with Gasteiger partial charge in [-0.3, -0.25) is 0 Å². The van der Waals surface area contributed by atoms with E-state index in [2.05, 4.69) is 49.5 Å². The highest BCUT2D eigenvalue weighted by atomic mass is 35.5. The summed E-state index contributed by atoms with van der Waals surface area (Å²) in [6, 6.07) is 6.72. The highest BCUT2D eigenvalue weighted by Gasteiger charge is 2.13. The predicted octanol–water partition coefficient (Wildman–Crippen LogP) is 4.42. The highest BCUT2D eigenvalue weighted by molar-refractivity contribution is 7.98. The van der Waals surface area contributed by atoms with Gasteiger partial charge >= 0.3 is 0 Å². The van der Waals surface area contributed by atoms with E-state index in [9.17, 15) is 0 Å². The zero-order valence-electron chi connectivity index (χ0n) is 13.1. The van der Waals surface area contributed by atoms with Crippen LogP contribution in [0.4, 0.5) is 5.69 Å². The number of hydrogen-bond donors (Lipinski definition) is 1. The van der Waals surface area contributed by atoms with Crippen LogP contribution in [-0.2, 0) is 6.54 Å². The highest BCUT2D eigenvalue weighted by Crippen LogP contribution is 2.26. The second kappa shape index (κ2) is 9.54. The molecule has 0 heterocycles. The zero-order chi connectivity index (χ0) is 15.0. The third-order valence-corrected chi connectivity index (χ3v) is 4.45. The van der Waals surface area contributed by atoms with Crippen LogP contribution in [0.2, 0.25) is 5.02 Å². The molecule has 0 aliphatic rings. The number of nitrogens with zero attached hydrogens (tertiary/aromatic N) is 1. The van der Waals surface area contributed by atoms with Crippen LogP contribution in [0.1, 0.15) is 32.3 Å². The maximum absolute atomic E-state index is 6.18.